The number of rotatable bonds is 5. The summed E-state index contributed by atoms with van der Waals surface area (Å²) in [5.74, 6) is -2.18. The number of fused-ring (bicyclic) bond motifs is 3. The molecule has 0 bridgehead atoms. The monoisotopic (exact) mass is 338 g/mol. The van der Waals surface area contributed by atoms with Crippen molar-refractivity contribution in [1.82, 2.24) is 5.32 Å². The highest BCUT2D eigenvalue weighted by atomic mass is 16.4. The second-order valence-electron chi connectivity index (χ2n) is 6.01. The fourth-order valence-corrected chi connectivity index (χ4v) is 3.11. The van der Waals surface area contributed by atoms with Crippen molar-refractivity contribution in [3.63, 3.8) is 0 Å². The molecule has 1 atom stereocenters. The van der Waals surface area contributed by atoms with Gasteiger partial charge in [-0.05, 0) is 28.3 Å². The third-order valence-electron chi connectivity index (χ3n) is 4.19. The van der Waals surface area contributed by atoms with E-state index >= 15 is 0 Å². The molecule has 0 unspecified atom stereocenters. The Bertz CT molecular complexity index is 860. The number of hydrogen-bond acceptors (Lipinski definition) is 3. The summed E-state index contributed by atoms with van der Waals surface area (Å²) >= 11 is 0. The molecule has 2 amide bonds. The highest BCUT2D eigenvalue weighted by molar-refractivity contribution is 5.97. The molecule has 0 heterocycles. The molecule has 1 aliphatic rings. The lowest BCUT2D eigenvalue weighted by Gasteiger charge is -2.14. The Kier molecular flexibility index (Phi) is 4.52. The Morgan fingerprint density at radius 2 is 1.80 bits per heavy atom. The molecule has 0 aromatic heterocycles. The fourth-order valence-electron chi connectivity index (χ4n) is 3.11. The molecule has 2 aromatic rings. The second-order valence-corrected chi connectivity index (χ2v) is 6.01. The van der Waals surface area contributed by atoms with E-state index in [0.29, 0.717) is 5.69 Å². The van der Waals surface area contributed by atoms with Gasteiger partial charge in [-0.2, -0.15) is 0 Å². The molecule has 3 N–H and O–H groups in total. The van der Waals surface area contributed by atoms with Gasteiger partial charge in [0.2, 0.25) is 11.8 Å². The van der Waals surface area contributed by atoms with E-state index in [2.05, 4.69) is 16.7 Å². The Morgan fingerprint density at radius 3 is 2.52 bits per heavy atom. The molecular weight excluding hydrogens is 320 g/mol. The molecule has 0 saturated carbocycles. The first-order chi connectivity index (χ1) is 12.0. The van der Waals surface area contributed by atoms with Crippen molar-refractivity contribution in [2.45, 2.75) is 25.8 Å². The average molecular weight is 338 g/mol. The number of carboxylic acids is 1. The van der Waals surface area contributed by atoms with Crippen molar-refractivity contribution in [3.05, 3.63) is 53.6 Å². The molecule has 6 nitrogen and oxygen atoms in total. The third kappa shape index (κ3) is 3.52. The van der Waals surface area contributed by atoms with E-state index < -0.39 is 23.8 Å². The van der Waals surface area contributed by atoms with Crippen LogP contribution in [0, 0.1) is 0 Å². The van der Waals surface area contributed by atoms with Crippen molar-refractivity contribution < 1.29 is 19.5 Å². The number of carbonyl (C=O) groups is 3. The number of nitrogens with one attached hydrogen (secondary N) is 2. The topological polar surface area (TPSA) is 95.5 Å². The smallest absolute Gasteiger partial charge is 0.326 e. The Balaban J connectivity index is 1.77. The number of benzene rings is 2. The Labute approximate surface area is 144 Å². The summed E-state index contributed by atoms with van der Waals surface area (Å²) in [5.41, 5.74) is 5.11. The molecule has 25 heavy (non-hydrogen) atoms. The number of hydrogen-bond donors (Lipinski definition) is 3. The minimum absolute atomic E-state index is 0.328. The van der Waals surface area contributed by atoms with Crippen molar-refractivity contribution in [1.29, 1.82) is 0 Å². The molecule has 0 radical (unpaired) electrons. The van der Waals surface area contributed by atoms with Crippen LogP contribution in [0.15, 0.2) is 42.5 Å². The van der Waals surface area contributed by atoms with Gasteiger partial charge in [0.15, 0.2) is 0 Å². The van der Waals surface area contributed by atoms with Gasteiger partial charge in [0.25, 0.3) is 0 Å². The Morgan fingerprint density at radius 1 is 1.08 bits per heavy atom. The predicted molar refractivity (Wildman–Crippen MR) is 93.2 cm³/mol. The summed E-state index contributed by atoms with van der Waals surface area (Å²) in [5, 5.41) is 14.2. The first kappa shape index (κ1) is 16.7. The molecule has 2 aromatic carbocycles. The molecule has 0 spiro atoms. The highest BCUT2D eigenvalue weighted by Gasteiger charge is 2.24. The first-order valence-electron chi connectivity index (χ1n) is 7.95. The lowest BCUT2D eigenvalue weighted by Crippen LogP contribution is -2.42. The predicted octanol–water partition coefficient (Wildman–Crippen LogP) is 2.18. The summed E-state index contributed by atoms with van der Waals surface area (Å²) in [4.78, 5) is 34.5. The van der Waals surface area contributed by atoms with Gasteiger partial charge in [-0.3, -0.25) is 9.59 Å². The van der Waals surface area contributed by atoms with Gasteiger partial charge in [0, 0.05) is 19.0 Å². The van der Waals surface area contributed by atoms with Crippen LogP contribution in [0.3, 0.4) is 0 Å². The molecule has 0 saturated heterocycles. The van der Waals surface area contributed by atoms with Gasteiger partial charge in [-0.25, -0.2) is 4.79 Å². The highest BCUT2D eigenvalue weighted by Crippen LogP contribution is 2.39. The van der Waals surface area contributed by atoms with Crippen LogP contribution in [0.2, 0.25) is 0 Å². The van der Waals surface area contributed by atoms with Gasteiger partial charge in [-0.1, -0.05) is 36.4 Å². The van der Waals surface area contributed by atoms with E-state index in [1.807, 2.05) is 30.3 Å². The zero-order valence-electron chi connectivity index (χ0n) is 13.7. The maximum atomic E-state index is 12.3. The maximum absolute atomic E-state index is 12.3. The number of anilines is 1. The molecule has 128 valence electrons. The van der Waals surface area contributed by atoms with Crippen LogP contribution >= 0.6 is 0 Å². The molecule has 3 rings (SSSR count). The summed E-state index contributed by atoms with van der Waals surface area (Å²) in [6.07, 6.45) is 0.390. The lowest BCUT2D eigenvalue weighted by molar-refractivity contribution is -0.142. The quantitative estimate of drug-likeness (QED) is 0.664. The van der Waals surface area contributed by atoms with Crippen LogP contribution in [0.4, 0.5) is 5.69 Å². The number of carboxylic acid groups (broad SMARTS) is 1. The van der Waals surface area contributed by atoms with Gasteiger partial charge in [0.05, 0.1) is 6.42 Å². The van der Waals surface area contributed by atoms with Crippen LogP contribution < -0.4 is 10.6 Å². The molecule has 6 heteroatoms. The Hall–Kier alpha value is -3.15. The summed E-state index contributed by atoms with van der Waals surface area (Å²) in [6.45, 7) is 1.22. The van der Waals surface area contributed by atoms with E-state index in [1.54, 1.807) is 6.07 Å². The first-order valence-corrected chi connectivity index (χ1v) is 7.95. The van der Waals surface area contributed by atoms with Crippen LogP contribution in [0.1, 0.15) is 24.5 Å². The standard InChI is InChI=1S/C19H18N2O4/c1-11(22)20-17(19(24)25)10-18(23)21-16-8-4-7-14-13-6-3-2-5-12(13)9-15(14)16/h2-8,17H,9-10H2,1H3,(H,20,22)(H,21,23)(H,24,25)/t17-/m0/s1. The van der Waals surface area contributed by atoms with Crippen LogP contribution in [0.5, 0.6) is 0 Å². The third-order valence-corrected chi connectivity index (χ3v) is 4.19. The van der Waals surface area contributed by atoms with Gasteiger partial charge in [-0.15, -0.1) is 0 Å². The second kappa shape index (κ2) is 6.76. The van der Waals surface area contributed by atoms with Crippen molar-refractivity contribution in [3.8, 4) is 11.1 Å². The molecule has 0 aliphatic heterocycles. The van der Waals surface area contributed by atoms with Gasteiger partial charge < -0.3 is 15.7 Å². The zero-order chi connectivity index (χ0) is 18.0. The van der Waals surface area contributed by atoms with E-state index in [4.69, 9.17) is 5.11 Å². The molecule has 0 fully saturated rings. The fraction of sp³-hybridized carbons (Fsp3) is 0.211. The SMILES string of the molecule is CC(=O)N[C@@H](CC(=O)Nc1cccc2c1Cc1ccccc1-2)C(=O)O. The van der Waals surface area contributed by atoms with Gasteiger partial charge in [0.1, 0.15) is 6.04 Å². The number of carbonyl (C=O) groups excluding carboxylic acids is 2. The minimum Gasteiger partial charge on any atom is -0.480 e. The maximum Gasteiger partial charge on any atom is 0.326 e. The molecular formula is C19H18N2O4. The van der Waals surface area contributed by atoms with E-state index in [1.165, 1.54) is 12.5 Å². The van der Waals surface area contributed by atoms with Crippen LogP contribution in [-0.4, -0.2) is 28.9 Å². The van der Waals surface area contributed by atoms with Crippen molar-refractivity contribution in [2.75, 3.05) is 5.32 Å². The average Bonchev–Trinajstić information content (AvgIpc) is 2.93. The summed E-state index contributed by atoms with van der Waals surface area (Å²) in [7, 11) is 0. The van der Waals surface area contributed by atoms with E-state index in [9.17, 15) is 14.4 Å². The zero-order valence-corrected chi connectivity index (χ0v) is 13.7. The van der Waals surface area contributed by atoms with Crippen molar-refractivity contribution in [2.24, 2.45) is 0 Å². The number of aliphatic carboxylic acids is 1. The number of amides is 2. The minimum atomic E-state index is -1.24. The normalized spacial score (nSPS) is 12.7. The van der Waals surface area contributed by atoms with Gasteiger partial charge >= 0.3 is 5.97 Å². The summed E-state index contributed by atoms with van der Waals surface area (Å²) < 4.78 is 0. The van der Waals surface area contributed by atoms with E-state index in [0.717, 1.165) is 23.1 Å². The van der Waals surface area contributed by atoms with Crippen LogP contribution in [-0.2, 0) is 20.8 Å². The van der Waals surface area contributed by atoms with Crippen LogP contribution in [0.25, 0.3) is 11.1 Å². The summed E-state index contributed by atoms with van der Waals surface area (Å²) in [6, 6.07) is 12.5. The lowest BCUT2D eigenvalue weighted by atomic mass is 10.0. The molecule has 1 aliphatic carbocycles. The van der Waals surface area contributed by atoms with Crippen molar-refractivity contribution >= 4 is 23.5 Å². The largest absolute Gasteiger partial charge is 0.480 e. The van der Waals surface area contributed by atoms with E-state index in [-0.39, 0.29) is 6.42 Å².